The minimum atomic E-state index is -0.615. The van der Waals surface area contributed by atoms with E-state index in [0.717, 1.165) is 17.1 Å². The molecule has 0 spiro atoms. The lowest BCUT2D eigenvalue weighted by molar-refractivity contribution is -0.0576. The van der Waals surface area contributed by atoms with E-state index in [9.17, 15) is 9.50 Å². The number of aliphatic hydroxyl groups is 1. The maximum Gasteiger partial charge on any atom is 0.123 e. The smallest absolute Gasteiger partial charge is 0.123 e. The maximum absolute atomic E-state index is 13.1. The van der Waals surface area contributed by atoms with Gasteiger partial charge in [-0.05, 0) is 57.5 Å². The third-order valence-corrected chi connectivity index (χ3v) is 3.67. The Kier molecular flexibility index (Phi) is 6.76. The highest BCUT2D eigenvalue weighted by Crippen LogP contribution is 2.15. The molecule has 0 aliphatic heterocycles. The van der Waals surface area contributed by atoms with E-state index in [2.05, 4.69) is 4.90 Å². The van der Waals surface area contributed by atoms with Crippen molar-refractivity contribution < 1.29 is 18.7 Å². The number of rotatable bonds is 8. The highest BCUT2D eigenvalue weighted by atomic mass is 19.1. The molecule has 1 N–H and O–H groups in total. The van der Waals surface area contributed by atoms with Crippen LogP contribution in [-0.4, -0.2) is 34.9 Å². The molecule has 138 valence electrons. The van der Waals surface area contributed by atoms with E-state index < -0.39 is 6.10 Å². The van der Waals surface area contributed by atoms with Gasteiger partial charge in [0, 0.05) is 13.1 Å². The molecule has 0 radical (unpaired) electrons. The standard InChI is InChI=1S/C20H28FNO3/c1-15-5-10-19(25-15)13-22(11-16-6-8-17(21)9-7-16)12-18(23)14-24-20(2,3)4/h5-10,18,23H,11-14H2,1-4H3/t18-/m0/s1. The van der Waals surface area contributed by atoms with Gasteiger partial charge in [0.2, 0.25) is 0 Å². The predicted molar refractivity (Wildman–Crippen MR) is 95.7 cm³/mol. The SMILES string of the molecule is Cc1ccc(CN(Cc2ccc(F)cc2)C[C@H](O)COC(C)(C)C)o1. The Morgan fingerprint density at radius 1 is 1.12 bits per heavy atom. The third kappa shape index (κ3) is 7.38. The molecule has 1 aromatic carbocycles. The summed E-state index contributed by atoms with van der Waals surface area (Å²) in [6.07, 6.45) is -0.615. The molecule has 0 fully saturated rings. The van der Waals surface area contributed by atoms with Crippen molar-refractivity contribution in [3.8, 4) is 0 Å². The number of aliphatic hydroxyl groups excluding tert-OH is 1. The minimum Gasteiger partial charge on any atom is -0.465 e. The Morgan fingerprint density at radius 3 is 2.36 bits per heavy atom. The van der Waals surface area contributed by atoms with Gasteiger partial charge in [-0.25, -0.2) is 4.39 Å². The quantitative estimate of drug-likeness (QED) is 0.785. The van der Waals surface area contributed by atoms with Gasteiger partial charge in [0.05, 0.1) is 24.9 Å². The molecule has 4 nitrogen and oxygen atoms in total. The van der Waals surface area contributed by atoms with Crippen LogP contribution in [0.2, 0.25) is 0 Å². The van der Waals surface area contributed by atoms with Crippen LogP contribution in [0.1, 0.15) is 37.9 Å². The molecule has 0 saturated heterocycles. The van der Waals surface area contributed by atoms with Gasteiger partial charge in [-0.1, -0.05) is 12.1 Å². The van der Waals surface area contributed by atoms with Gasteiger partial charge >= 0.3 is 0 Å². The molecule has 25 heavy (non-hydrogen) atoms. The summed E-state index contributed by atoms with van der Waals surface area (Å²) in [5.41, 5.74) is 0.689. The van der Waals surface area contributed by atoms with Crippen LogP contribution in [0.4, 0.5) is 4.39 Å². The summed E-state index contributed by atoms with van der Waals surface area (Å²) in [5, 5.41) is 10.3. The van der Waals surface area contributed by atoms with Crippen LogP contribution in [0.15, 0.2) is 40.8 Å². The molecule has 0 bridgehead atoms. The zero-order valence-corrected chi connectivity index (χ0v) is 15.5. The van der Waals surface area contributed by atoms with Crippen LogP contribution in [0, 0.1) is 12.7 Å². The van der Waals surface area contributed by atoms with E-state index in [-0.39, 0.29) is 18.0 Å². The lowest BCUT2D eigenvalue weighted by Gasteiger charge is -2.27. The number of benzene rings is 1. The Labute approximate surface area is 149 Å². The lowest BCUT2D eigenvalue weighted by atomic mass is 10.2. The van der Waals surface area contributed by atoms with Gasteiger partial charge in [0.15, 0.2) is 0 Å². The Balaban J connectivity index is 2.01. The van der Waals surface area contributed by atoms with Crippen molar-refractivity contribution in [2.45, 2.75) is 52.5 Å². The average Bonchev–Trinajstić information content (AvgIpc) is 2.92. The van der Waals surface area contributed by atoms with E-state index in [1.807, 2.05) is 39.8 Å². The summed E-state index contributed by atoms with van der Waals surface area (Å²) >= 11 is 0. The molecule has 0 unspecified atom stereocenters. The number of hydrogen-bond acceptors (Lipinski definition) is 4. The molecule has 2 rings (SSSR count). The summed E-state index contributed by atoms with van der Waals surface area (Å²) in [5.74, 6) is 1.44. The van der Waals surface area contributed by atoms with Crippen molar-refractivity contribution >= 4 is 0 Å². The van der Waals surface area contributed by atoms with Crippen LogP contribution in [0.5, 0.6) is 0 Å². The highest BCUT2D eigenvalue weighted by molar-refractivity contribution is 5.16. The first-order valence-corrected chi connectivity index (χ1v) is 8.55. The van der Waals surface area contributed by atoms with E-state index in [4.69, 9.17) is 9.15 Å². The number of aryl methyl sites for hydroxylation is 1. The second kappa shape index (κ2) is 8.61. The fraction of sp³-hybridized carbons (Fsp3) is 0.500. The lowest BCUT2D eigenvalue weighted by Crippen LogP contribution is -2.36. The van der Waals surface area contributed by atoms with Crippen molar-refractivity contribution in [2.24, 2.45) is 0 Å². The number of hydrogen-bond donors (Lipinski definition) is 1. The Morgan fingerprint density at radius 2 is 1.80 bits per heavy atom. The van der Waals surface area contributed by atoms with Gasteiger partial charge in [0.1, 0.15) is 17.3 Å². The first-order valence-electron chi connectivity index (χ1n) is 8.55. The van der Waals surface area contributed by atoms with E-state index >= 15 is 0 Å². The molecule has 0 aliphatic rings. The zero-order valence-electron chi connectivity index (χ0n) is 15.5. The molecule has 0 amide bonds. The minimum absolute atomic E-state index is 0.254. The largest absolute Gasteiger partial charge is 0.465 e. The van der Waals surface area contributed by atoms with Gasteiger partial charge in [-0.3, -0.25) is 4.90 Å². The van der Waals surface area contributed by atoms with Crippen LogP contribution >= 0.6 is 0 Å². The summed E-state index contributed by atoms with van der Waals surface area (Å²) in [7, 11) is 0. The third-order valence-electron chi connectivity index (χ3n) is 3.67. The zero-order chi connectivity index (χ0) is 18.4. The van der Waals surface area contributed by atoms with Crippen molar-refractivity contribution in [2.75, 3.05) is 13.2 Å². The number of halogens is 1. The Bertz CT molecular complexity index is 646. The van der Waals surface area contributed by atoms with Crippen LogP contribution in [0.25, 0.3) is 0 Å². The molecular formula is C20H28FNO3. The topological polar surface area (TPSA) is 45.8 Å². The highest BCUT2D eigenvalue weighted by Gasteiger charge is 2.18. The van der Waals surface area contributed by atoms with Gasteiger partial charge < -0.3 is 14.3 Å². The molecule has 0 saturated carbocycles. The van der Waals surface area contributed by atoms with Crippen molar-refractivity contribution in [1.82, 2.24) is 4.90 Å². The second-order valence-electron chi connectivity index (χ2n) is 7.39. The summed E-state index contributed by atoms with van der Waals surface area (Å²) < 4.78 is 24.4. The van der Waals surface area contributed by atoms with E-state index in [0.29, 0.717) is 19.6 Å². The summed E-state index contributed by atoms with van der Waals surface area (Å²) in [6, 6.07) is 10.3. The summed E-state index contributed by atoms with van der Waals surface area (Å²) in [4.78, 5) is 2.07. The number of nitrogens with zero attached hydrogens (tertiary/aromatic N) is 1. The molecule has 5 heteroatoms. The van der Waals surface area contributed by atoms with Crippen molar-refractivity contribution in [3.05, 3.63) is 59.3 Å². The molecule has 1 atom stereocenters. The molecule has 2 aromatic rings. The monoisotopic (exact) mass is 349 g/mol. The van der Waals surface area contributed by atoms with Gasteiger partial charge in [0.25, 0.3) is 0 Å². The van der Waals surface area contributed by atoms with E-state index in [1.165, 1.54) is 12.1 Å². The van der Waals surface area contributed by atoms with E-state index in [1.54, 1.807) is 12.1 Å². The summed E-state index contributed by atoms with van der Waals surface area (Å²) in [6.45, 7) is 9.64. The fourth-order valence-corrected chi connectivity index (χ4v) is 2.52. The average molecular weight is 349 g/mol. The molecule has 1 aromatic heterocycles. The molecule has 0 aliphatic carbocycles. The second-order valence-corrected chi connectivity index (χ2v) is 7.39. The number of ether oxygens (including phenoxy) is 1. The Hall–Kier alpha value is -1.69. The van der Waals surface area contributed by atoms with Crippen LogP contribution in [0.3, 0.4) is 0 Å². The normalized spacial score (nSPS) is 13.4. The molecule has 1 heterocycles. The van der Waals surface area contributed by atoms with Crippen molar-refractivity contribution in [1.29, 1.82) is 0 Å². The molecular weight excluding hydrogens is 321 g/mol. The van der Waals surface area contributed by atoms with Gasteiger partial charge in [-0.2, -0.15) is 0 Å². The predicted octanol–water partition coefficient (Wildman–Crippen LogP) is 3.91. The maximum atomic E-state index is 13.1. The first-order chi connectivity index (χ1) is 11.7. The van der Waals surface area contributed by atoms with Gasteiger partial charge in [-0.15, -0.1) is 0 Å². The fourth-order valence-electron chi connectivity index (χ4n) is 2.52. The number of furan rings is 1. The van der Waals surface area contributed by atoms with Crippen LogP contribution < -0.4 is 0 Å². The van der Waals surface area contributed by atoms with Crippen LogP contribution in [-0.2, 0) is 17.8 Å². The first kappa shape index (κ1) is 19.6. The van der Waals surface area contributed by atoms with Crippen molar-refractivity contribution in [3.63, 3.8) is 0 Å².